The van der Waals surface area contributed by atoms with Gasteiger partial charge >= 0.3 is 5.97 Å². The van der Waals surface area contributed by atoms with Crippen molar-refractivity contribution in [1.82, 2.24) is 0 Å². The minimum Gasteiger partial charge on any atom is -0.489 e. The molecule has 1 rings (SSSR count). The van der Waals surface area contributed by atoms with Crippen LogP contribution in [0.3, 0.4) is 0 Å². The molecule has 0 aromatic heterocycles. The van der Waals surface area contributed by atoms with E-state index in [9.17, 15) is 4.79 Å². The number of nitrogens with two attached hydrogens (primary N) is 1. The zero-order chi connectivity index (χ0) is 13.4. The normalized spacial score (nSPS) is 10.1. The predicted molar refractivity (Wildman–Crippen MR) is 65.6 cm³/mol. The number of esters is 1. The number of carbonyl (C=O) groups excluding carboxylic acids is 1. The van der Waals surface area contributed by atoms with Crippen LogP contribution < -0.4 is 10.5 Å². The van der Waals surface area contributed by atoms with Gasteiger partial charge in [-0.3, -0.25) is 0 Å². The molecule has 1 aromatic carbocycles. The minimum atomic E-state index is -0.448. The Morgan fingerprint density at radius 3 is 2.78 bits per heavy atom. The first kappa shape index (κ1) is 14.3. The SMILES string of the molecule is COC(=O)c1ccc(N)c(OCCOCCO)c1. The molecule has 6 nitrogen and oxygen atoms in total. The van der Waals surface area contributed by atoms with Gasteiger partial charge in [-0.1, -0.05) is 0 Å². The number of aliphatic hydroxyl groups excluding tert-OH is 1. The molecule has 0 atom stereocenters. The average Bonchev–Trinajstić information content (AvgIpc) is 2.39. The van der Waals surface area contributed by atoms with Crippen LogP contribution in [0.2, 0.25) is 0 Å². The Balaban J connectivity index is 2.56. The van der Waals surface area contributed by atoms with Gasteiger partial charge in [0, 0.05) is 0 Å². The number of hydrogen-bond donors (Lipinski definition) is 2. The number of methoxy groups -OCH3 is 1. The third-order valence-corrected chi connectivity index (χ3v) is 2.16. The van der Waals surface area contributed by atoms with Gasteiger partial charge in [0.15, 0.2) is 0 Å². The standard InChI is InChI=1S/C12H17NO5/c1-16-12(15)9-2-3-10(13)11(8-9)18-7-6-17-5-4-14/h2-3,8,14H,4-7,13H2,1H3. The van der Waals surface area contributed by atoms with Crippen molar-refractivity contribution in [2.24, 2.45) is 0 Å². The second-order valence-corrected chi connectivity index (χ2v) is 3.43. The summed E-state index contributed by atoms with van der Waals surface area (Å²) in [6.45, 7) is 0.859. The van der Waals surface area contributed by atoms with Crippen LogP contribution in [-0.4, -0.2) is 44.6 Å². The smallest absolute Gasteiger partial charge is 0.337 e. The summed E-state index contributed by atoms with van der Waals surface area (Å²) in [6, 6.07) is 4.67. The maximum Gasteiger partial charge on any atom is 0.337 e. The lowest BCUT2D eigenvalue weighted by Crippen LogP contribution is -2.10. The van der Waals surface area contributed by atoms with Gasteiger partial charge in [0.05, 0.1) is 38.2 Å². The van der Waals surface area contributed by atoms with Crippen LogP contribution in [-0.2, 0) is 9.47 Å². The van der Waals surface area contributed by atoms with Crippen molar-refractivity contribution in [2.45, 2.75) is 0 Å². The van der Waals surface area contributed by atoms with Crippen molar-refractivity contribution < 1.29 is 24.1 Å². The molecular formula is C12H17NO5. The van der Waals surface area contributed by atoms with E-state index in [0.29, 0.717) is 23.6 Å². The largest absolute Gasteiger partial charge is 0.489 e. The van der Waals surface area contributed by atoms with Crippen molar-refractivity contribution in [3.8, 4) is 5.75 Å². The van der Waals surface area contributed by atoms with Crippen LogP contribution in [0, 0.1) is 0 Å². The van der Waals surface area contributed by atoms with Gasteiger partial charge < -0.3 is 25.1 Å². The number of carbonyl (C=O) groups is 1. The Kier molecular flexibility index (Phi) is 5.96. The number of aliphatic hydroxyl groups is 1. The van der Waals surface area contributed by atoms with Gasteiger partial charge in [0.2, 0.25) is 0 Å². The molecule has 0 aliphatic carbocycles. The molecule has 0 bridgehead atoms. The lowest BCUT2D eigenvalue weighted by atomic mass is 10.2. The van der Waals surface area contributed by atoms with Gasteiger partial charge in [-0.15, -0.1) is 0 Å². The summed E-state index contributed by atoms with van der Waals surface area (Å²) in [5.41, 5.74) is 6.52. The molecule has 0 saturated carbocycles. The van der Waals surface area contributed by atoms with E-state index < -0.39 is 5.97 Å². The number of benzene rings is 1. The highest BCUT2D eigenvalue weighted by molar-refractivity contribution is 5.90. The Morgan fingerprint density at radius 1 is 1.33 bits per heavy atom. The number of nitrogen functional groups attached to an aromatic ring is 1. The first-order valence-corrected chi connectivity index (χ1v) is 5.48. The third kappa shape index (κ3) is 4.23. The highest BCUT2D eigenvalue weighted by Gasteiger charge is 2.09. The quantitative estimate of drug-likeness (QED) is 0.417. The molecule has 0 spiro atoms. The van der Waals surface area contributed by atoms with E-state index in [2.05, 4.69) is 4.74 Å². The molecule has 0 aliphatic rings. The molecule has 0 amide bonds. The Labute approximate surface area is 105 Å². The summed E-state index contributed by atoms with van der Waals surface area (Å²) < 4.78 is 15.0. The molecule has 0 saturated heterocycles. The molecular weight excluding hydrogens is 238 g/mol. The zero-order valence-corrected chi connectivity index (χ0v) is 10.2. The second kappa shape index (κ2) is 7.52. The number of rotatable bonds is 7. The lowest BCUT2D eigenvalue weighted by Gasteiger charge is -2.10. The summed E-state index contributed by atoms with van der Waals surface area (Å²) in [5, 5.41) is 8.51. The van der Waals surface area contributed by atoms with E-state index in [0.717, 1.165) is 0 Å². The van der Waals surface area contributed by atoms with Crippen LogP contribution in [0.25, 0.3) is 0 Å². The molecule has 1 aromatic rings. The summed E-state index contributed by atoms with van der Waals surface area (Å²) in [4.78, 5) is 11.3. The maximum absolute atomic E-state index is 11.3. The molecule has 0 unspecified atom stereocenters. The van der Waals surface area contributed by atoms with Crippen molar-refractivity contribution in [3.63, 3.8) is 0 Å². The van der Waals surface area contributed by atoms with Crippen LogP contribution in [0.4, 0.5) is 5.69 Å². The van der Waals surface area contributed by atoms with Crippen molar-refractivity contribution in [1.29, 1.82) is 0 Å². The maximum atomic E-state index is 11.3. The predicted octanol–water partition coefficient (Wildman–Crippen LogP) is 0.443. The van der Waals surface area contributed by atoms with Crippen LogP contribution in [0.1, 0.15) is 10.4 Å². The fraction of sp³-hybridized carbons (Fsp3) is 0.417. The fourth-order valence-electron chi connectivity index (χ4n) is 1.28. The van der Waals surface area contributed by atoms with E-state index in [1.54, 1.807) is 12.1 Å². The molecule has 100 valence electrons. The highest BCUT2D eigenvalue weighted by atomic mass is 16.5. The lowest BCUT2D eigenvalue weighted by molar-refractivity contribution is 0.0599. The molecule has 0 fully saturated rings. The van der Waals surface area contributed by atoms with Gasteiger partial charge in [-0.25, -0.2) is 4.79 Å². The highest BCUT2D eigenvalue weighted by Crippen LogP contribution is 2.23. The van der Waals surface area contributed by atoms with E-state index in [1.165, 1.54) is 13.2 Å². The molecule has 0 radical (unpaired) electrons. The van der Waals surface area contributed by atoms with Crippen molar-refractivity contribution in [2.75, 3.05) is 39.3 Å². The van der Waals surface area contributed by atoms with Gasteiger partial charge in [-0.2, -0.15) is 0 Å². The number of anilines is 1. The Hall–Kier alpha value is -1.79. The molecule has 3 N–H and O–H groups in total. The molecule has 0 aliphatic heterocycles. The Morgan fingerprint density at radius 2 is 2.11 bits per heavy atom. The van der Waals surface area contributed by atoms with Crippen molar-refractivity contribution >= 4 is 11.7 Å². The van der Waals surface area contributed by atoms with E-state index in [-0.39, 0.29) is 19.8 Å². The molecule has 6 heteroatoms. The first-order chi connectivity index (χ1) is 8.69. The monoisotopic (exact) mass is 255 g/mol. The number of ether oxygens (including phenoxy) is 3. The van der Waals surface area contributed by atoms with Crippen LogP contribution in [0.15, 0.2) is 18.2 Å². The number of hydrogen-bond acceptors (Lipinski definition) is 6. The Bertz CT molecular complexity index is 394. The molecule has 18 heavy (non-hydrogen) atoms. The topological polar surface area (TPSA) is 91.0 Å². The van der Waals surface area contributed by atoms with Crippen molar-refractivity contribution in [3.05, 3.63) is 23.8 Å². The van der Waals surface area contributed by atoms with Gasteiger partial charge in [-0.05, 0) is 18.2 Å². The summed E-state index contributed by atoms with van der Waals surface area (Å²) in [7, 11) is 1.31. The van der Waals surface area contributed by atoms with Crippen LogP contribution >= 0.6 is 0 Å². The van der Waals surface area contributed by atoms with E-state index in [4.69, 9.17) is 20.3 Å². The summed E-state index contributed by atoms with van der Waals surface area (Å²) in [6.07, 6.45) is 0. The summed E-state index contributed by atoms with van der Waals surface area (Å²) >= 11 is 0. The zero-order valence-electron chi connectivity index (χ0n) is 10.2. The minimum absolute atomic E-state index is 0.0278. The fourth-order valence-corrected chi connectivity index (χ4v) is 1.28. The second-order valence-electron chi connectivity index (χ2n) is 3.43. The summed E-state index contributed by atoms with van der Waals surface area (Å²) in [5.74, 6) is -0.0399. The average molecular weight is 255 g/mol. The third-order valence-electron chi connectivity index (χ3n) is 2.16. The van der Waals surface area contributed by atoms with E-state index in [1.807, 2.05) is 0 Å². The van der Waals surface area contributed by atoms with Gasteiger partial charge in [0.1, 0.15) is 12.4 Å². The van der Waals surface area contributed by atoms with Crippen LogP contribution in [0.5, 0.6) is 5.75 Å². The first-order valence-electron chi connectivity index (χ1n) is 5.48. The van der Waals surface area contributed by atoms with Gasteiger partial charge in [0.25, 0.3) is 0 Å². The molecule has 0 heterocycles. The van der Waals surface area contributed by atoms with E-state index >= 15 is 0 Å².